The van der Waals surface area contributed by atoms with Gasteiger partial charge in [-0.25, -0.2) is 0 Å². The Morgan fingerprint density at radius 1 is 0.808 bits per heavy atom. The molecule has 0 radical (unpaired) electrons. The number of hydrogen-bond acceptors (Lipinski definition) is 2. The fraction of sp³-hybridized carbons (Fsp3) is 0. The minimum absolute atomic E-state index is 0.0669. The lowest BCUT2D eigenvalue weighted by Crippen LogP contribution is -2.20. The molecule has 0 atom stereocenters. The molecule has 2 aromatic carbocycles. The average Bonchev–Trinajstić information content (AvgIpc) is 2.70. The summed E-state index contributed by atoms with van der Waals surface area (Å²) in [5, 5.41) is 0. The van der Waals surface area contributed by atoms with Crippen molar-refractivity contribution in [3.63, 3.8) is 0 Å². The number of aromatic nitrogens is 2. The fourth-order valence-electron chi connectivity index (χ4n) is 2.91. The molecular weight excluding hydrogens is 388 g/mol. The quantitative estimate of drug-likeness (QED) is 0.464. The molecule has 4 heteroatoms. The van der Waals surface area contributed by atoms with Gasteiger partial charge < -0.3 is 0 Å². The molecule has 0 aliphatic rings. The molecule has 0 N–H and O–H groups in total. The number of nitrogens with zero attached hydrogens (tertiary/aromatic N) is 2. The van der Waals surface area contributed by atoms with Crippen molar-refractivity contribution in [2.45, 2.75) is 0 Å². The SMILES string of the molecule is O=c1c(-c2ccccc2Br)cc(-c2ccccn2)cn1-c1ccccc1. The van der Waals surface area contributed by atoms with Crippen LogP contribution in [-0.2, 0) is 0 Å². The molecule has 3 nitrogen and oxygen atoms in total. The molecule has 0 aliphatic heterocycles. The Balaban J connectivity index is 2.03. The van der Waals surface area contributed by atoms with Gasteiger partial charge in [0.15, 0.2) is 0 Å². The van der Waals surface area contributed by atoms with Crippen LogP contribution >= 0.6 is 15.9 Å². The molecule has 0 spiro atoms. The smallest absolute Gasteiger partial charge is 0.263 e. The van der Waals surface area contributed by atoms with E-state index in [0.717, 1.165) is 27.0 Å². The summed E-state index contributed by atoms with van der Waals surface area (Å²) in [6.07, 6.45) is 3.60. The second-order valence-electron chi connectivity index (χ2n) is 5.85. The van der Waals surface area contributed by atoms with Gasteiger partial charge in [-0.3, -0.25) is 14.3 Å². The summed E-state index contributed by atoms with van der Waals surface area (Å²) in [6.45, 7) is 0. The van der Waals surface area contributed by atoms with Gasteiger partial charge in [0.25, 0.3) is 5.56 Å². The molecule has 0 aliphatic carbocycles. The Morgan fingerprint density at radius 3 is 2.27 bits per heavy atom. The molecule has 2 aromatic heterocycles. The average molecular weight is 403 g/mol. The van der Waals surface area contributed by atoms with E-state index in [4.69, 9.17) is 0 Å². The van der Waals surface area contributed by atoms with Crippen LogP contribution in [0, 0.1) is 0 Å². The van der Waals surface area contributed by atoms with Crippen molar-refractivity contribution in [2.75, 3.05) is 0 Å². The van der Waals surface area contributed by atoms with Crippen molar-refractivity contribution in [3.05, 3.63) is 106 Å². The summed E-state index contributed by atoms with van der Waals surface area (Å²) < 4.78 is 2.56. The van der Waals surface area contributed by atoms with Crippen LogP contribution in [0.3, 0.4) is 0 Å². The van der Waals surface area contributed by atoms with Crippen LogP contribution < -0.4 is 5.56 Å². The first-order chi connectivity index (χ1) is 12.7. The van der Waals surface area contributed by atoms with Crippen molar-refractivity contribution in [2.24, 2.45) is 0 Å². The summed E-state index contributed by atoms with van der Waals surface area (Å²) in [7, 11) is 0. The monoisotopic (exact) mass is 402 g/mol. The zero-order valence-corrected chi connectivity index (χ0v) is 15.4. The largest absolute Gasteiger partial charge is 0.283 e. The number of benzene rings is 2. The van der Waals surface area contributed by atoms with E-state index in [0.29, 0.717) is 5.56 Å². The lowest BCUT2D eigenvalue weighted by atomic mass is 10.0. The zero-order valence-electron chi connectivity index (χ0n) is 13.8. The second kappa shape index (κ2) is 7.10. The highest BCUT2D eigenvalue weighted by Crippen LogP contribution is 2.29. The molecule has 26 heavy (non-hydrogen) atoms. The number of halogens is 1. The molecule has 2 heterocycles. The van der Waals surface area contributed by atoms with Gasteiger partial charge in [0.1, 0.15) is 0 Å². The van der Waals surface area contributed by atoms with Crippen LogP contribution in [0.15, 0.2) is 101 Å². The predicted octanol–water partition coefficient (Wildman–Crippen LogP) is 5.33. The lowest BCUT2D eigenvalue weighted by molar-refractivity contribution is 0.993. The highest BCUT2D eigenvalue weighted by molar-refractivity contribution is 9.10. The number of hydrogen-bond donors (Lipinski definition) is 0. The molecule has 0 saturated heterocycles. The highest BCUT2D eigenvalue weighted by Gasteiger charge is 2.13. The molecular formula is C22H15BrN2O. The molecule has 0 amide bonds. The Morgan fingerprint density at radius 2 is 1.54 bits per heavy atom. The van der Waals surface area contributed by atoms with E-state index in [1.165, 1.54) is 0 Å². The van der Waals surface area contributed by atoms with Gasteiger partial charge >= 0.3 is 0 Å². The molecule has 0 fully saturated rings. The third kappa shape index (κ3) is 3.11. The van der Waals surface area contributed by atoms with Crippen molar-refractivity contribution in [3.8, 4) is 28.1 Å². The summed E-state index contributed by atoms with van der Waals surface area (Å²) in [5.41, 5.74) is 3.96. The maximum atomic E-state index is 13.2. The summed E-state index contributed by atoms with van der Waals surface area (Å²) in [6, 6.07) is 25.1. The summed E-state index contributed by atoms with van der Waals surface area (Å²) in [5.74, 6) is 0. The van der Waals surface area contributed by atoms with E-state index >= 15 is 0 Å². The lowest BCUT2D eigenvalue weighted by Gasteiger charge is -2.13. The van der Waals surface area contributed by atoms with Gasteiger partial charge in [-0.05, 0) is 36.4 Å². The Hall–Kier alpha value is -2.98. The van der Waals surface area contributed by atoms with Gasteiger partial charge in [-0.15, -0.1) is 0 Å². The van der Waals surface area contributed by atoms with E-state index in [9.17, 15) is 4.79 Å². The van der Waals surface area contributed by atoms with Crippen LogP contribution in [-0.4, -0.2) is 9.55 Å². The van der Waals surface area contributed by atoms with E-state index in [2.05, 4.69) is 20.9 Å². The van der Waals surface area contributed by atoms with Crippen LogP contribution in [0.5, 0.6) is 0 Å². The zero-order chi connectivity index (χ0) is 17.9. The maximum Gasteiger partial charge on any atom is 0.263 e. The first-order valence-electron chi connectivity index (χ1n) is 8.22. The van der Waals surface area contributed by atoms with E-state index in [1.54, 1.807) is 10.8 Å². The van der Waals surface area contributed by atoms with E-state index in [1.807, 2.05) is 85.1 Å². The Labute approximate surface area is 159 Å². The normalized spacial score (nSPS) is 10.7. The maximum absolute atomic E-state index is 13.2. The molecule has 4 aromatic rings. The van der Waals surface area contributed by atoms with Crippen molar-refractivity contribution >= 4 is 15.9 Å². The number of pyridine rings is 2. The van der Waals surface area contributed by atoms with Gasteiger partial charge in [0, 0.05) is 39.2 Å². The molecule has 4 rings (SSSR count). The number of para-hydroxylation sites is 1. The molecule has 0 saturated carbocycles. The van der Waals surface area contributed by atoms with Crippen LogP contribution in [0.25, 0.3) is 28.1 Å². The predicted molar refractivity (Wildman–Crippen MR) is 108 cm³/mol. The standard InChI is InChI=1S/C22H15BrN2O/c23-20-11-5-4-10-18(20)19-14-16(21-12-6-7-13-24-21)15-25(22(19)26)17-8-2-1-3-9-17/h1-15H. The molecule has 126 valence electrons. The highest BCUT2D eigenvalue weighted by atomic mass is 79.9. The van der Waals surface area contributed by atoms with Crippen LogP contribution in [0.2, 0.25) is 0 Å². The summed E-state index contributed by atoms with van der Waals surface area (Å²) in [4.78, 5) is 17.7. The molecule has 0 bridgehead atoms. The fourth-order valence-corrected chi connectivity index (χ4v) is 3.41. The third-order valence-corrected chi connectivity index (χ3v) is 4.87. The first-order valence-corrected chi connectivity index (χ1v) is 9.02. The topological polar surface area (TPSA) is 34.9 Å². The van der Waals surface area contributed by atoms with Gasteiger partial charge in [0.2, 0.25) is 0 Å². The van der Waals surface area contributed by atoms with Crippen molar-refractivity contribution in [1.82, 2.24) is 9.55 Å². The van der Waals surface area contributed by atoms with Crippen LogP contribution in [0.1, 0.15) is 0 Å². The Bertz CT molecular complexity index is 1110. The minimum atomic E-state index is -0.0669. The first kappa shape index (κ1) is 16.5. The second-order valence-corrected chi connectivity index (χ2v) is 6.70. The summed E-state index contributed by atoms with van der Waals surface area (Å²) >= 11 is 3.57. The van der Waals surface area contributed by atoms with Crippen LogP contribution in [0.4, 0.5) is 0 Å². The Kier molecular flexibility index (Phi) is 4.50. The van der Waals surface area contributed by atoms with Crippen molar-refractivity contribution in [1.29, 1.82) is 0 Å². The van der Waals surface area contributed by atoms with Gasteiger partial charge in [0.05, 0.1) is 5.69 Å². The van der Waals surface area contributed by atoms with Crippen molar-refractivity contribution < 1.29 is 0 Å². The van der Waals surface area contributed by atoms with E-state index < -0.39 is 0 Å². The number of rotatable bonds is 3. The van der Waals surface area contributed by atoms with Gasteiger partial charge in [-0.1, -0.05) is 58.4 Å². The molecule has 0 unspecified atom stereocenters. The van der Waals surface area contributed by atoms with E-state index in [-0.39, 0.29) is 5.56 Å². The van der Waals surface area contributed by atoms with Gasteiger partial charge in [-0.2, -0.15) is 0 Å². The third-order valence-electron chi connectivity index (χ3n) is 4.18. The minimum Gasteiger partial charge on any atom is -0.283 e.